The van der Waals surface area contributed by atoms with Crippen molar-refractivity contribution in [2.45, 2.75) is 58.3 Å². The van der Waals surface area contributed by atoms with Gasteiger partial charge in [0.1, 0.15) is 11.9 Å². The van der Waals surface area contributed by atoms with Gasteiger partial charge in [-0.05, 0) is 39.5 Å². The molecule has 132 valence electrons. The molecule has 1 fully saturated rings. The molecule has 1 N–H and O–H groups in total. The van der Waals surface area contributed by atoms with E-state index >= 15 is 0 Å². The van der Waals surface area contributed by atoms with Crippen molar-refractivity contribution in [1.29, 1.82) is 0 Å². The summed E-state index contributed by atoms with van der Waals surface area (Å²) >= 11 is 0. The minimum absolute atomic E-state index is 0.0248. The van der Waals surface area contributed by atoms with Gasteiger partial charge in [-0.15, -0.1) is 0 Å². The lowest BCUT2D eigenvalue weighted by atomic mass is 9.93. The number of hydrogen-bond donors (Lipinski definition) is 1. The Balaban J connectivity index is 1.57. The van der Waals surface area contributed by atoms with Crippen molar-refractivity contribution in [3.8, 4) is 0 Å². The molecule has 3 atom stereocenters. The molecular weight excluding hydrogens is 309 g/mol. The number of alkyl halides is 1. The van der Waals surface area contributed by atoms with E-state index in [0.29, 0.717) is 26.1 Å². The third-order valence-corrected chi connectivity index (χ3v) is 5.17. The zero-order valence-corrected chi connectivity index (χ0v) is 14.4. The molecule has 2 heterocycles. The number of hydrogen-bond acceptors (Lipinski definition) is 4. The van der Waals surface area contributed by atoms with Gasteiger partial charge in [-0.2, -0.15) is 0 Å². The van der Waals surface area contributed by atoms with Crippen LogP contribution in [0.5, 0.6) is 0 Å². The van der Waals surface area contributed by atoms with Gasteiger partial charge in [0.15, 0.2) is 0 Å². The quantitative estimate of drug-likeness (QED) is 0.841. The predicted molar refractivity (Wildman–Crippen MR) is 89.2 cm³/mol. The molecule has 24 heavy (non-hydrogen) atoms. The van der Waals surface area contributed by atoms with Crippen LogP contribution in [0, 0.1) is 19.8 Å². The third-order valence-electron chi connectivity index (χ3n) is 5.17. The number of likely N-dealkylation sites (tertiary alicyclic amines) is 1. The minimum Gasteiger partial charge on any atom is -0.361 e. The van der Waals surface area contributed by atoms with E-state index in [2.05, 4.69) is 27.5 Å². The second-order valence-electron chi connectivity index (χ2n) is 6.95. The van der Waals surface area contributed by atoms with Crippen molar-refractivity contribution in [1.82, 2.24) is 15.4 Å². The van der Waals surface area contributed by atoms with E-state index in [1.54, 1.807) is 0 Å². The predicted octanol–water partition coefficient (Wildman–Crippen LogP) is 2.68. The van der Waals surface area contributed by atoms with Gasteiger partial charge in [-0.1, -0.05) is 17.3 Å². The van der Waals surface area contributed by atoms with Gasteiger partial charge in [-0.25, -0.2) is 4.39 Å². The lowest BCUT2D eigenvalue weighted by Gasteiger charge is -2.25. The Labute approximate surface area is 142 Å². The van der Waals surface area contributed by atoms with Crippen molar-refractivity contribution in [2.24, 2.45) is 5.92 Å². The molecular formula is C18H26FN3O2. The summed E-state index contributed by atoms with van der Waals surface area (Å²) in [5.74, 6) is 0.944. The Bertz CT molecular complexity index is 594. The van der Waals surface area contributed by atoms with Gasteiger partial charge >= 0.3 is 0 Å². The molecule has 1 amide bonds. The topological polar surface area (TPSA) is 58.4 Å². The number of allylic oxidation sites excluding steroid dienone is 2. The highest BCUT2D eigenvalue weighted by Gasteiger charge is 2.33. The maximum Gasteiger partial charge on any atom is 0.223 e. The highest BCUT2D eigenvalue weighted by molar-refractivity contribution is 5.79. The van der Waals surface area contributed by atoms with E-state index in [0.717, 1.165) is 36.3 Å². The van der Waals surface area contributed by atoms with Gasteiger partial charge in [0.05, 0.1) is 5.69 Å². The monoisotopic (exact) mass is 335 g/mol. The second kappa shape index (κ2) is 7.47. The van der Waals surface area contributed by atoms with Gasteiger partial charge in [0.25, 0.3) is 0 Å². The summed E-state index contributed by atoms with van der Waals surface area (Å²) < 4.78 is 19.1. The minimum atomic E-state index is -0.843. The molecule has 0 radical (unpaired) electrons. The Morgan fingerprint density at radius 3 is 2.96 bits per heavy atom. The number of rotatable bonds is 5. The number of nitrogens with zero attached hydrogens (tertiary/aromatic N) is 2. The van der Waals surface area contributed by atoms with Crippen molar-refractivity contribution >= 4 is 5.91 Å². The molecule has 1 aliphatic heterocycles. The fourth-order valence-electron chi connectivity index (χ4n) is 3.65. The first-order chi connectivity index (χ1) is 11.5. The van der Waals surface area contributed by atoms with Crippen LogP contribution in [0.1, 0.15) is 42.7 Å². The normalized spacial score (nSPS) is 27.5. The van der Waals surface area contributed by atoms with Crippen LogP contribution in [0.2, 0.25) is 0 Å². The van der Waals surface area contributed by atoms with Crippen molar-refractivity contribution in [3.63, 3.8) is 0 Å². The molecule has 1 aromatic rings. The number of aromatic nitrogens is 1. The van der Waals surface area contributed by atoms with E-state index in [9.17, 15) is 9.18 Å². The Hall–Kier alpha value is -1.69. The summed E-state index contributed by atoms with van der Waals surface area (Å²) in [6.07, 6.45) is 6.50. The summed E-state index contributed by atoms with van der Waals surface area (Å²) in [5.41, 5.74) is 1.88. The summed E-state index contributed by atoms with van der Waals surface area (Å²) in [6, 6.07) is 0.0248. The van der Waals surface area contributed by atoms with Crippen molar-refractivity contribution in [2.75, 3.05) is 13.1 Å². The number of carbonyl (C=O) groups is 1. The Morgan fingerprint density at radius 2 is 2.29 bits per heavy atom. The number of carbonyl (C=O) groups excluding carboxylic acids is 1. The average Bonchev–Trinajstić information content (AvgIpc) is 3.10. The maximum absolute atomic E-state index is 13.9. The second-order valence-corrected chi connectivity index (χ2v) is 6.95. The smallest absolute Gasteiger partial charge is 0.223 e. The molecule has 1 aromatic heterocycles. The van der Waals surface area contributed by atoms with Crippen LogP contribution in [0.3, 0.4) is 0 Å². The molecule has 5 nitrogen and oxygen atoms in total. The van der Waals surface area contributed by atoms with E-state index in [1.165, 1.54) is 0 Å². The van der Waals surface area contributed by atoms with Crippen LogP contribution >= 0.6 is 0 Å². The van der Waals surface area contributed by atoms with E-state index in [1.807, 2.05) is 13.8 Å². The van der Waals surface area contributed by atoms with E-state index in [-0.39, 0.29) is 17.9 Å². The van der Waals surface area contributed by atoms with Gasteiger partial charge in [-0.3, -0.25) is 9.69 Å². The van der Waals surface area contributed by atoms with Crippen LogP contribution in [-0.2, 0) is 11.3 Å². The first-order valence-electron chi connectivity index (χ1n) is 8.77. The fourth-order valence-corrected chi connectivity index (χ4v) is 3.65. The zero-order valence-electron chi connectivity index (χ0n) is 14.4. The van der Waals surface area contributed by atoms with Gasteiger partial charge in [0.2, 0.25) is 5.91 Å². The first-order valence-corrected chi connectivity index (χ1v) is 8.77. The summed E-state index contributed by atoms with van der Waals surface area (Å²) in [4.78, 5) is 14.4. The summed E-state index contributed by atoms with van der Waals surface area (Å²) in [6.45, 7) is 5.31. The molecule has 0 spiro atoms. The largest absolute Gasteiger partial charge is 0.361 e. The molecule has 3 rings (SSSR count). The molecule has 2 aliphatic rings. The Morgan fingerprint density at radius 1 is 1.46 bits per heavy atom. The zero-order chi connectivity index (χ0) is 17.1. The highest BCUT2D eigenvalue weighted by Crippen LogP contribution is 2.25. The van der Waals surface area contributed by atoms with E-state index in [4.69, 9.17) is 4.52 Å². The Kier molecular flexibility index (Phi) is 5.33. The van der Waals surface area contributed by atoms with E-state index < -0.39 is 6.17 Å². The van der Waals surface area contributed by atoms with Crippen molar-refractivity contribution < 1.29 is 13.7 Å². The number of nitrogens with one attached hydrogen (secondary N) is 1. The summed E-state index contributed by atoms with van der Waals surface area (Å²) in [5, 5.41) is 7.00. The number of amides is 1. The SMILES string of the molecule is Cc1noc(C)c1CN1C[C@@H](F)C[C@H]1CNC(=O)[C@H]1CC=CCC1. The fraction of sp³-hybridized carbons (Fsp3) is 0.667. The van der Waals surface area contributed by atoms with Gasteiger partial charge < -0.3 is 9.84 Å². The van der Waals surface area contributed by atoms with Crippen LogP contribution in [-0.4, -0.2) is 41.3 Å². The molecule has 0 saturated carbocycles. The van der Waals surface area contributed by atoms with Gasteiger partial charge in [0, 0.05) is 37.2 Å². The molecule has 1 saturated heterocycles. The third kappa shape index (κ3) is 3.86. The molecule has 1 aliphatic carbocycles. The lowest BCUT2D eigenvalue weighted by molar-refractivity contribution is -0.125. The van der Waals surface area contributed by atoms with Crippen molar-refractivity contribution in [3.05, 3.63) is 29.2 Å². The number of halogens is 1. The molecule has 6 heteroatoms. The van der Waals surface area contributed by atoms with Crippen LogP contribution in [0.15, 0.2) is 16.7 Å². The summed E-state index contributed by atoms with van der Waals surface area (Å²) in [7, 11) is 0. The number of aryl methyl sites for hydroxylation is 2. The van der Waals surface area contributed by atoms with Crippen LogP contribution in [0.4, 0.5) is 4.39 Å². The molecule has 0 aromatic carbocycles. The highest BCUT2D eigenvalue weighted by atomic mass is 19.1. The molecule has 0 unspecified atom stereocenters. The van der Waals surface area contributed by atoms with Crippen LogP contribution < -0.4 is 5.32 Å². The van der Waals surface area contributed by atoms with Crippen LogP contribution in [0.25, 0.3) is 0 Å². The molecule has 0 bridgehead atoms. The maximum atomic E-state index is 13.9. The lowest BCUT2D eigenvalue weighted by Crippen LogP contribution is -2.42. The average molecular weight is 335 g/mol. The first kappa shape index (κ1) is 17.1. The standard InChI is InChI=1S/C18H26FN3O2/c1-12-17(13(2)24-21-12)11-22-10-15(19)8-16(22)9-20-18(23)14-6-4-3-5-7-14/h3-4,14-16H,5-11H2,1-2H3,(H,20,23)/t14-,15-,16-/m0/s1.